The molecule has 0 aromatic carbocycles. The molecule has 10 nitrogen and oxygen atoms in total. The molecule has 1 aliphatic heterocycles. The molecule has 0 aromatic rings. The maximum absolute atomic E-state index is 12.4. The second-order valence-electron chi connectivity index (χ2n) is 5.47. The molecular weight excluding hydrogens is 383 g/mol. The second kappa shape index (κ2) is 8.99. The summed E-state index contributed by atoms with van der Waals surface area (Å²) in [7, 11) is 0. The number of hydrogen-bond acceptors (Lipinski definition) is 10. The van der Waals surface area contributed by atoms with Crippen molar-refractivity contribution < 1.29 is 56.0 Å². The smallest absolute Gasteiger partial charge is 0.463 e. The van der Waals surface area contributed by atoms with Gasteiger partial charge in [0, 0.05) is 20.8 Å². The minimum Gasteiger partial charge on any atom is -0.463 e. The van der Waals surface area contributed by atoms with Crippen LogP contribution in [-0.2, 0) is 42.9 Å². The summed E-state index contributed by atoms with van der Waals surface area (Å²) in [6.07, 6.45) is -11.7. The first-order valence-corrected chi connectivity index (χ1v) is 7.49. The van der Waals surface area contributed by atoms with Gasteiger partial charge in [0.15, 0.2) is 12.2 Å². The van der Waals surface area contributed by atoms with E-state index in [1.54, 1.807) is 0 Å². The molecule has 0 radical (unpaired) electrons. The van der Waals surface area contributed by atoms with Crippen LogP contribution in [0.5, 0.6) is 0 Å². The van der Waals surface area contributed by atoms with Crippen LogP contribution in [0, 0.1) is 0 Å². The largest absolute Gasteiger partial charge is 0.491 e. The van der Waals surface area contributed by atoms with Gasteiger partial charge in [-0.1, -0.05) is 0 Å². The molecule has 1 fully saturated rings. The summed E-state index contributed by atoms with van der Waals surface area (Å²) in [5, 5.41) is 0. The third kappa shape index (κ3) is 6.67. The lowest BCUT2D eigenvalue weighted by Gasteiger charge is -2.43. The molecule has 13 heteroatoms. The Morgan fingerprint density at radius 3 is 1.89 bits per heavy atom. The van der Waals surface area contributed by atoms with Gasteiger partial charge in [0.25, 0.3) is 0 Å². The fraction of sp³-hybridized carbons (Fsp3) is 0.714. The van der Waals surface area contributed by atoms with Gasteiger partial charge in [-0.2, -0.15) is 13.2 Å². The van der Waals surface area contributed by atoms with E-state index in [9.17, 15) is 32.3 Å². The Morgan fingerprint density at radius 2 is 1.44 bits per heavy atom. The predicted molar refractivity (Wildman–Crippen MR) is 76.5 cm³/mol. The van der Waals surface area contributed by atoms with E-state index in [0.717, 1.165) is 20.8 Å². The third-order valence-corrected chi connectivity index (χ3v) is 3.20. The van der Waals surface area contributed by atoms with Crippen LogP contribution in [-0.4, -0.2) is 67.3 Å². The van der Waals surface area contributed by atoms with Crippen molar-refractivity contribution in [2.75, 3.05) is 6.61 Å². The van der Waals surface area contributed by atoms with E-state index in [2.05, 4.69) is 4.74 Å². The van der Waals surface area contributed by atoms with E-state index in [4.69, 9.17) is 24.7 Å². The molecule has 1 rings (SSSR count). The Hall–Kier alpha value is -2.41. The normalized spacial score (nSPS) is 28.0. The highest BCUT2D eigenvalue weighted by atomic mass is 19.4. The van der Waals surface area contributed by atoms with Crippen LogP contribution in [0.2, 0.25) is 0 Å². The highest BCUT2D eigenvalue weighted by Crippen LogP contribution is 2.28. The highest BCUT2D eigenvalue weighted by Gasteiger charge is 2.52. The minimum atomic E-state index is -5.34. The van der Waals surface area contributed by atoms with Gasteiger partial charge in [0.1, 0.15) is 18.8 Å². The number of ether oxygens (including phenoxy) is 5. The van der Waals surface area contributed by atoms with E-state index in [1.807, 2.05) is 0 Å². The zero-order valence-corrected chi connectivity index (χ0v) is 14.5. The maximum Gasteiger partial charge on any atom is 0.491 e. The summed E-state index contributed by atoms with van der Waals surface area (Å²) in [5.74, 6) is -5.13. The summed E-state index contributed by atoms with van der Waals surface area (Å²) >= 11 is 0. The SMILES string of the molecule is CC(=O)OC[C@H]1O[C@@H](OC(=O)C(F)(F)F)[C@H](N)[C@@H](OC(C)=O)[C@@H]1OC(C)=O. The monoisotopic (exact) mass is 401 g/mol. The molecule has 0 aliphatic carbocycles. The molecule has 0 unspecified atom stereocenters. The van der Waals surface area contributed by atoms with Gasteiger partial charge in [-0.3, -0.25) is 14.4 Å². The van der Waals surface area contributed by atoms with E-state index in [0.29, 0.717) is 0 Å². The second-order valence-corrected chi connectivity index (χ2v) is 5.47. The van der Waals surface area contributed by atoms with Crippen LogP contribution >= 0.6 is 0 Å². The summed E-state index contributed by atoms with van der Waals surface area (Å²) in [5.41, 5.74) is 5.70. The number of nitrogens with two attached hydrogens (primary N) is 1. The van der Waals surface area contributed by atoms with Gasteiger partial charge >= 0.3 is 30.1 Å². The molecule has 1 aliphatic rings. The summed E-state index contributed by atoms with van der Waals surface area (Å²) in [6.45, 7) is 2.43. The van der Waals surface area contributed by atoms with Gasteiger partial charge in [-0.15, -0.1) is 0 Å². The van der Waals surface area contributed by atoms with Crippen LogP contribution in [0.3, 0.4) is 0 Å². The Labute approximate surface area is 151 Å². The lowest BCUT2D eigenvalue weighted by Crippen LogP contribution is -2.65. The van der Waals surface area contributed by atoms with Crippen LogP contribution in [0.25, 0.3) is 0 Å². The Balaban J connectivity index is 3.14. The molecule has 0 amide bonds. The molecular formula is C14H18F3NO9. The molecule has 1 heterocycles. The Bertz CT molecular complexity index is 595. The van der Waals surface area contributed by atoms with E-state index < -0.39 is 67.3 Å². The quantitative estimate of drug-likeness (QED) is 0.477. The van der Waals surface area contributed by atoms with Crippen molar-refractivity contribution in [1.29, 1.82) is 0 Å². The average Bonchev–Trinajstić information content (AvgIpc) is 2.50. The number of hydrogen-bond donors (Lipinski definition) is 1. The van der Waals surface area contributed by atoms with Crippen molar-refractivity contribution in [3.63, 3.8) is 0 Å². The Kier molecular flexibility index (Phi) is 7.54. The fourth-order valence-electron chi connectivity index (χ4n) is 2.21. The topological polar surface area (TPSA) is 140 Å². The molecule has 0 aromatic heterocycles. The summed E-state index contributed by atoms with van der Waals surface area (Å²) in [4.78, 5) is 44.7. The first-order valence-electron chi connectivity index (χ1n) is 7.49. The number of carbonyl (C=O) groups is 4. The van der Waals surface area contributed by atoms with Crippen molar-refractivity contribution in [2.45, 2.75) is 57.6 Å². The molecule has 0 bridgehead atoms. The molecule has 27 heavy (non-hydrogen) atoms. The van der Waals surface area contributed by atoms with Gasteiger partial charge in [0.05, 0.1) is 0 Å². The molecule has 5 atom stereocenters. The van der Waals surface area contributed by atoms with E-state index >= 15 is 0 Å². The molecule has 0 saturated carbocycles. The lowest BCUT2D eigenvalue weighted by atomic mass is 9.97. The first-order chi connectivity index (χ1) is 12.3. The zero-order valence-electron chi connectivity index (χ0n) is 14.5. The highest BCUT2D eigenvalue weighted by molar-refractivity contribution is 5.75. The van der Waals surface area contributed by atoms with Gasteiger partial charge in [-0.25, -0.2) is 4.79 Å². The molecule has 1 saturated heterocycles. The number of rotatable bonds is 5. The van der Waals surface area contributed by atoms with Crippen molar-refractivity contribution in [1.82, 2.24) is 0 Å². The van der Waals surface area contributed by atoms with E-state index in [-0.39, 0.29) is 0 Å². The van der Waals surface area contributed by atoms with Crippen LogP contribution < -0.4 is 5.73 Å². The minimum absolute atomic E-state index is 0.599. The van der Waals surface area contributed by atoms with Crippen molar-refractivity contribution >= 4 is 23.9 Å². The van der Waals surface area contributed by atoms with Crippen LogP contribution in [0.4, 0.5) is 13.2 Å². The maximum atomic E-state index is 12.4. The van der Waals surface area contributed by atoms with Crippen molar-refractivity contribution in [3.05, 3.63) is 0 Å². The lowest BCUT2D eigenvalue weighted by molar-refractivity contribution is -0.280. The number of halogens is 3. The average molecular weight is 401 g/mol. The van der Waals surface area contributed by atoms with Gasteiger partial charge in [-0.05, 0) is 0 Å². The standard InChI is InChI=1S/C14H18F3NO9/c1-5(19)23-4-8-10(24-6(2)20)11(25-7(3)21)9(18)12(26-8)27-13(22)14(15,16)17/h8-12H,4,18H2,1-3H3/t8-,9-,10-,11-,12+/m1/s1. The predicted octanol–water partition coefficient (Wildman–Crippen LogP) is -0.429. The zero-order chi connectivity index (χ0) is 20.9. The van der Waals surface area contributed by atoms with Crippen molar-refractivity contribution in [2.24, 2.45) is 5.73 Å². The van der Waals surface area contributed by atoms with Crippen molar-refractivity contribution in [3.8, 4) is 0 Å². The third-order valence-electron chi connectivity index (χ3n) is 3.20. The van der Waals surface area contributed by atoms with Gasteiger partial charge in [0.2, 0.25) is 6.29 Å². The van der Waals surface area contributed by atoms with E-state index in [1.165, 1.54) is 0 Å². The van der Waals surface area contributed by atoms with Crippen LogP contribution in [0.1, 0.15) is 20.8 Å². The number of carbonyl (C=O) groups excluding carboxylic acids is 4. The number of esters is 4. The molecule has 2 N–H and O–H groups in total. The Morgan fingerprint density at radius 1 is 0.926 bits per heavy atom. The summed E-state index contributed by atoms with van der Waals surface area (Å²) in [6, 6.07) is -1.63. The molecule has 154 valence electrons. The molecule has 0 spiro atoms. The number of alkyl halides is 3. The van der Waals surface area contributed by atoms with Crippen LogP contribution in [0.15, 0.2) is 0 Å². The van der Waals surface area contributed by atoms with Gasteiger partial charge < -0.3 is 29.4 Å². The first kappa shape index (κ1) is 22.6. The fourth-order valence-corrected chi connectivity index (χ4v) is 2.21. The summed E-state index contributed by atoms with van der Waals surface area (Å²) < 4.78 is 61.2.